The molecule has 1 amide bonds. The first-order valence-electron chi connectivity index (χ1n) is 7.00. The van der Waals surface area contributed by atoms with E-state index in [1.807, 2.05) is 37.3 Å². The molecule has 1 unspecified atom stereocenters. The second-order valence-corrected chi connectivity index (χ2v) is 5.76. The zero-order chi connectivity index (χ0) is 14.2. The minimum Gasteiger partial charge on any atom is -0.345 e. The van der Waals surface area contributed by atoms with Crippen molar-refractivity contribution in [3.8, 4) is 0 Å². The smallest absolute Gasteiger partial charge is 0.251 e. The normalized spacial score (nSPS) is 17.7. The summed E-state index contributed by atoms with van der Waals surface area (Å²) in [5, 5.41) is 4.07. The van der Waals surface area contributed by atoms with Gasteiger partial charge in [-0.15, -0.1) is 0 Å². The summed E-state index contributed by atoms with van der Waals surface area (Å²) in [5.41, 5.74) is 7.10. The van der Waals surface area contributed by atoms with Gasteiger partial charge in [0.1, 0.15) is 0 Å². The Labute approximate surface area is 118 Å². The van der Waals surface area contributed by atoms with E-state index >= 15 is 0 Å². The molecule has 1 aliphatic rings. The fourth-order valence-electron chi connectivity index (χ4n) is 2.59. The number of amides is 1. The van der Waals surface area contributed by atoms with Crippen LogP contribution in [0.3, 0.4) is 0 Å². The topological polar surface area (TPSA) is 68.0 Å². The first-order chi connectivity index (χ1) is 9.62. The number of benzene rings is 1. The fraction of sp³-hybridized carbons (Fsp3) is 0.375. The molecule has 1 aliphatic carbocycles. The van der Waals surface area contributed by atoms with Crippen molar-refractivity contribution in [1.82, 2.24) is 10.3 Å². The van der Waals surface area contributed by atoms with Crippen LogP contribution in [0.2, 0.25) is 0 Å². The van der Waals surface area contributed by atoms with Crippen molar-refractivity contribution >= 4 is 16.8 Å². The largest absolute Gasteiger partial charge is 0.345 e. The van der Waals surface area contributed by atoms with Crippen LogP contribution in [0.1, 0.15) is 30.1 Å². The lowest BCUT2D eigenvalue weighted by molar-refractivity contribution is 0.0898. The van der Waals surface area contributed by atoms with Crippen molar-refractivity contribution in [2.24, 2.45) is 11.7 Å². The maximum atomic E-state index is 12.4. The third kappa shape index (κ3) is 2.39. The maximum Gasteiger partial charge on any atom is 0.251 e. The zero-order valence-electron chi connectivity index (χ0n) is 11.6. The summed E-state index contributed by atoms with van der Waals surface area (Å²) in [7, 11) is 0. The van der Waals surface area contributed by atoms with E-state index in [0.29, 0.717) is 18.0 Å². The zero-order valence-corrected chi connectivity index (χ0v) is 11.6. The number of pyridine rings is 1. The van der Waals surface area contributed by atoms with Crippen LogP contribution in [0.25, 0.3) is 10.9 Å². The van der Waals surface area contributed by atoms with Gasteiger partial charge in [0.2, 0.25) is 0 Å². The molecule has 3 rings (SSSR count). The summed E-state index contributed by atoms with van der Waals surface area (Å²) in [5.74, 6) is 0.453. The number of carbonyl (C=O) groups excluding carboxylic acids is 1. The lowest BCUT2D eigenvalue weighted by Crippen LogP contribution is -2.53. The minimum atomic E-state index is -0.291. The molecule has 1 aromatic carbocycles. The van der Waals surface area contributed by atoms with E-state index in [2.05, 4.69) is 10.3 Å². The fourth-order valence-corrected chi connectivity index (χ4v) is 2.59. The number of rotatable bonds is 4. The molecule has 3 N–H and O–H groups in total. The van der Waals surface area contributed by atoms with Crippen LogP contribution in [0.4, 0.5) is 0 Å². The van der Waals surface area contributed by atoms with Gasteiger partial charge in [-0.25, -0.2) is 0 Å². The van der Waals surface area contributed by atoms with E-state index in [1.165, 1.54) is 0 Å². The Bertz CT molecular complexity index is 651. The number of nitrogens with two attached hydrogens (primary N) is 1. The molecule has 1 fully saturated rings. The molecule has 1 saturated carbocycles. The van der Waals surface area contributed by atoms with Crippen molar-refractivity contribution in [3.05, 3.63) is 42.1 Å². The minimum absolute atomic E-state index is 0.0596. The van der Waals surface area contributed by atoms with E-state index < -0.39 is 0 Å². The van der Waals surface area contributed by atoms with Crippen LogP contribution < -0.4 is 11.1 Å². The van der Waals surface area contributed by atoms with E-state index in [9.17, 15) is 4.79 Å². The quantitative estimate of drug-likeness (QED) is 0.893. The first kappa shape index (κ1) is 13.1. The monoisotopic (exact) mass is 269 g/mol. The van der Waals surface area contributed by atoms with Gasteiger partial charge < -0.3 is 11.1 Å². The molecule has 1 atom stereocenters. The van der Waals surface area contributed by atoms with Gasteiger partial charge in [-0.05, 0) is 49.9 Å². The molecule has 4 nitrogen and oxygen atoms in total. The van der Waals surface area contributed by atoms with E-state index in [-0.39, 0.29) is 11.4 Å². The molecular formula is C16H19N3O. The molecule has 4 heteroatoms. The Morgan fingerprint density at radius 2 is 2.25 bits per heavy atom. The molecule has 0 bridgehead atoms. The highest BCUT2D eigenvalue weighted by molar-refractivity contribution is 5.98. The summed E-state index contributed by atoms with van der Waals surface area (Å²) >= 11 is 0. The van der Waals surface area contributed by atoms with Crippen molar-refractivity contribution < 1.29 is 4.79 Å². The molecule has 0 aliphatic heterocycles. The van der Waals surface area contributed by atoms with Gasteiger partial charge in [0.15, 0.2) is 0 Å². The second-order valence-electron chi connectivity index (χ2n) is 5.76. The van der Waals surface area contributed by atoms with Gasteiger partial charge in [-0.1, -0.05) is 6.07 Å². The van der Waals surface area contributed by atoms with Crippen molar-refractivity contribution in [2.45, 2.75) is 25.3 Å². The Hall–Kier alpha value is -1.94. The van der Waals surface area contributed by atoms with E-state index in [0.717, 1.165) is 23.7 Å². The molecule has 1 heterocycles. The number of carbonyl (C=O) groups is 1. The molecule has 2 aromatic rings. The highest BCUT2D eigenvalue weighted by atomic mass is 16.1. The lowest BCUT2D eigenvalue weighted by atomic mass is 9.95. The van der Waals surface area contributed by atoms with Crippen LogP contribution in [0, 0.1) is 5.92 Å². The predicted octanol–water partition coefficient (Wildman–Crippen LogP) is 2.09. The lowest BCUT2D eigenvalue weighted by Gasteiger charge is -2.29. The summed E-state index contributed by atoms with van der Waals surface area (Å²) in [6.07, 6.45) is 4.05. The van der Waals surface area contributed by atoms with Gasteiger partial charge in [-0.2, -0.15) is 0 Å². The Morgan fingerprint density at radius 1 is 1.45 bits per heavy atom. The highest BCUT2D eigenvalue weighted by Gasteiger charge is 2.41. The Balaban J connectivity index is 1.84. The number of aromatic nitrogens is 1. The molecular weight excluding hydrogens is 250 g/mol. The second kappa shape index (κ2) is 4.87. The van der Waals surface area contributed by atoms with Gasteiger partial charge in [0, 0.05) is 23.7 Å². The van der Waals surface area contributed by atoms with Gasteiger partial charge in [-0.3, -0.25) is 9.78 Å². The van der Waals surface area contributed by atoms with E-state index in [1.54, 1.807) is 6.20 Å². The predicted molar refractivity (Wildman–Crippen MR) is 79.4 cm³/mol. The van der Waals surface area contributed by atoms with E-state index in [4.69, 9.17) is 5.73 Å². The summed E-state index contributed by atoms with van der Waals surface area (Å²) in [6, 6.07) is 9.40. The summed E-state index contributed by atoms with van der Waals surface area (Å²) < 4.78 is 0. The molecule has 20 heavy (non-hydrogen) atoms. The third-order valence-electron chi connectivity index (χ3n) is 4.17. The third-order valence-corrected chi connectivity index (χ3v) is 4.17. The number of hydrogen-bond acceptors (Lipinski definition) is 3. The molecule has 0 saturated heterocycles. The average molecular weight is 269 g/mol. The standard InChI is InChI=1S/C16H19N3O/c1-16(10-17,13-5-6-13)19-15(20)12-4-7-14-11(9-12)3-2-8-18-14/h2-4,7-9,13H,5-6,10,17H2,1H3,(H,19,20). The van der Waals surface area contributed by atoms with Crippen molar-refractivity contribution in [3.63, 3.8) is 0 Å². The summed E-state index contributed by atoms with van der Waals surface area (Å²) in [4.78, 5) is 16.7. The number of nitrogens with zero attached hydrogens (tertiary/aromatic N) is 1. The first-order valence-corrected chi connectivity index (χ1v) is 7.00. The van der Waals surface area contributed by atoms with Gasteiger partial charge >= 0.3 is 0 Å². The van der Waals surface area contributed by atoms with Crippen LogP contribution in [-0.4, -0.2) is 23.0 Å². The number of nitrogens with one attached hydrogen (secondary N) is 1. The van der Waals surface area contributed by atoms with Crippen LogP contribution in [0.15, 0.2) is 36.5 Å². The molecule has 0 radical (unpaired) electrons. The van der Waals surface area contributed by atoms with Gasteiger partial charge in [0.05, 0.1) is 11.1 Å². The van der Waals surface area contributed by atoms with Crippen LogP contribution in [0.5, 0.6) is 0 Å². The number of hydrogen-bond donors (Lipinski definition) is 2. The highest BCUT2D eigenvalue weighted by Crippen LogP contribution is 2.39. The summed E-state index contributed by atoms with van der Waals surface area (Å²) in [6.45, 7) is 2.50. The number of fused-ring (bicyclic) bond motifs is 1. The molecule has 1 aromatic heterocycles. The Morgan fingerprint density at radius 3 is 2.95 bits per heavy atom. The van der Waals surface area contributed by atoms with Crippen molar-refractivity contribution in [1.29, 1.82) is 0 Å². The van der Waals surface area contributed by atoms with Gasteiger partial charge in [0.25, 0.3) is 5.91 Å². The van der Waals surface area contributed by atoms with Crippen molar-refractivity contribution in [2.75, 3.05) is 6.54 Å². The maximum absolute atomic E-state index is 12.4. The van der Waals surface area contributed by atoms with Crippen LogP contribution >= 0.6 is 0 Å². The van der Waals surface area contributed by atoms with Crippen LogP contribution in [-0.2, 0) is 0 Å². The average Bonchev–Trinajstić information content (AvgIpc) is 3.31. The Kier molecular flexibility index (Phi) is 3.18. The molecule has 104 valence electrons. The molecule has 0 spiro atoms. The SMILES string of the molecule is CC(CN)(NC(=O)c1ccc2ncccc2c1)C1CC1.